The van der Waals surface area contributed by atoms with Crippen molar-refractivity contribution in [2.45, 2.75) is 52.2 Å². The minimum atomic E-state index is 0.626. The summed E-state index contributed by atoms with van der Waals surface area (Å²) in [5, 5.41) is 1.08. The monoisotopic (exact) mass is 301 g/mol. The fourth-order valence-electron chi connectivity index (χ4n) is 2.58. The molecule has 1 fully saturated rings. The van der Waals surface area contributed by atoms with E-state index >= 15 is 0 Å². The molecule has 3 nitrogen and oxygen atoms in total. The van der Waals surface area contributed by atoms with Crippen LogP contribution >= 0.6 is 11.3 Å². The summed E-state index contributed by atoms with van der Waals surface area (Å²) in [6.45, 7) is 8.01. The van der Waals surface area contributed by atoms with Crippen molar-refractivity contribution in [1.82, 2.24) is 14.9 Å². The molecule has 0 radical (unpaired) electrons. The van der Waals surface area contributed by atoms with Gasteiger partial charge in [-0.3, -0.25) is 9.88 Å². The Morgan fingerprint density at radius 3 is 2.71 bits per heavy atom. The molecule has 4 heteroatoms. The number of aromatic nitrogens is 2. The first kappa shape index (κ1) is 14.7. The van der Waals surface area contributed by atoms with Crippen molar-refractivity contribution in [3.05, 3.63) is 35.6 Å². The van der Waals surface area contributed by atoms with Crippen LogP contribution in [0, 0.1) is 5.92 Å². The second kappa shape index (κ2) is 6.24. The fraction of sp³-hybridized carbons (Fsp3) is 0.529. The first-order chi connectivity index (χ1) is 10.1. The van der Waals surface area contributed by atoms with Crippen molar-refractivity contribution < 1.29 is 0 Å². The lowest BCUT2D eigenvalue weighted by Gasteiger charge is -2.31. The molecule has 1 atom stereocenters. The molecule has 1 saturated carbocycles. The zero-order valence-electron chi connectivity index (χ0n) is 13.0. The molecule has 112 valence electrons. The maximum absolute atomic E-state index is 4.58. The van der Waals surface area contributed by atoms with Crippen LogP contribution in [0.25, 0.3) is 10.6 Å². The summed E-state index contributed by atoms with van der Waals surface area (Å²) in [6.07, 6.45) is 8.43. The maximum atomic E-state index is 4.58. The maximum Gasteiger partial charge on any atom is 0.125 e. The molecule has 2 aromatic rings. The second-order valence-electron chi connectivity index (χ2n) is 6.26. The Kier molecular flexibility index (Phi) is 4.36. The van der Waals surface area contributed by atoms with E-state index in [0.717, 1.165) is 23.2 Å². The molecular weight excluding hydrogens is 278 g/mol. The van der Waals surface area contributed by atoms with Gasteiger partial charge >= 0.3 is 0 Å². The molecule has 2 heterocycles. The van der Waals surface area contributed by atoms with Crippen molar-refractivity contribution in [3.63, 3.8) is 0 Å². The quantitative estimate of drug-likeness (QED) is 0.800. The Hall–Kier alpha value is -1.26. The molecule has 0 spiro atoms. The lowest BCUT2D eigenvalue weighted by atomic mass is 10.0. The molecule has 21 heavy (non-hydrogen) atoms. The van der Waals surface area contributed by atoms with Crippen LogP contribution in [-0.2, 0) is 6.54 Å². The summed E-state index contributed by atoms with van der Waals surface area (Å²) in [4.78, 5) is 12.8. The largest absolute Gasteiger partial charge is 0.292 e. The summed E-state index contributed by atoms with van der Waals surface area (Å²) < 4.78 is 0. The second-order valence-corrected chi connectivity index (χ2v) is 7.38. The molecule has 1 aliphatic rings. The smallest absolute Gasteiger partial charge is 0.125 e. The number of pyridine rings is 1. The Labute approximate surface area is 131 Å². The number of thiazole rings is 1. The Balaban J connectivity index is 1.74. The van der Waals surface area contributed by atoms with Crippen molar-refractivity contribution in [2.24, 2.45) is 5.92 Å². The highest BCUT2D eigenvalue weighted by Crippen LogP contribution is 2.34. The molecule has 1 aliphatic carbocycles. The Morgan fingerprint density at radius 2 is 2.10 bits per heavy atom. The highest BCUT2D eigenvalue weighted by molar-refractivity contribution is 7.15. The van der Waals surface area contributed by atoms with Crippen LogP contribution in [0.5, 0.6) is 0 Å². The number of rotatable bonds is 6. The third kappa shape index (κ3) is 3.50. The predicted octanol–water partition coefficient (Wildman–Crippen LogP) is 4.21. The van der Waals surface area contributed by atoms with Crippen LogP contribution in [0.3, 0.4) is 0 Å². The zero-order valence-corrected chi connectivity index (χ0v) is 13.8. The van der Waals surface area contributed by atoms with Gasteiger partial charge in [-0.2, -0.15) is 0 Å². The normalized spacial score (nSPS) is 16.6. The summed E-state index contributed by atoms with van der Waals surface area (Å²) in [7, 11) is 0. The van der Waals surface area contributed by atoms with Gasteiger partial charge in [-0.25, -0.2) is 4.98 Å². The fourth-order valence-corrected chi connectivity index (χ4v) is 3.49. The highest BCUT2D eigenvalue weighted by Gasteiger charge is 2.33. The van der Waals surface area contributed by atoms with E-state index in [1.165, 1.54) is 17.7 Å². The van der Waals surface area contributed by atoms with Crippen LogP contribution in [0.4, 0.5) is 0 Å². The first-order valence-corrected chi connectivity index (χ1v) is 8.57. The van der Waals surface area contributed by atoms with Gasteiger partial charge in [0.05, 0.1) is 0 Å². The van der Waals surface area contributed by atoms with Gasteiger partial charge in [0.15, 0.2) is 0 Å². The van der Waals surface area contributed by atoms with Crippen LogP contribution < -0.4 is 0 Å². The lowest BCUT2D eigenvalue weighted by Crippen LogP contribution is -2.37. The standard InChI is InChI=1S/C17H23N3S/c1-12(2)13(3)20(15-6-7-15)11-16-10-19-17(21-16)14-5-4-8-18-9-14/h4-5,8-10,12-13,15H,6-7,11H2,1-3H3/t13-/m0/s1. The van der Waals surface area contributed by atoms with Crippen molar-refractivity contribution >= 4 is 11.3 Å². The van der Waals surface area contributed by atoms with Crippen LogP contribution in [0.1, 0.15) is 38.5 Å². The van der Waals surface area contributed by atoms with Gasteiger partial charge in [0, 0.05) is 47.7 Å². The van der Waals surface area contributed by atoms with Gasteiger partial charge in [0.2, 0.25) is 0 Å². The molecular formula is C17H23N3S. The molecule has 0 amide bonds. The third-order valence-corrected chi connectivity index (χ3v) is 5.34. The van der Waals surface area contributed by atoms with E-state index in [9.17, 15) is 0 Å². The third-order valence-electron chi connectivity index (χ3n) is 4.30. The molecule has 2 aromatic heterocycles. The number of nitrogens with zero attached hydrogens (tertiary/aromatic N) is 3. The van der Waals surface area contributed by atoms with E-state index in [2.05, 4.69) is 41.7 Å². The van der Waals surface area contributed by atoms with Crippen molar-refractivity contribution in [2.75, 3.05) is 0 Å². The van der Waals surface area contributed by atoms with E-state index in [-0.39, 0.29) is 0 Å². The van der Waals surface area contributed by atoms with E-state index < -0.39 is 0 Å². The number of hydrogen-bond donors (Lipinski definition) is 0. The minimum absolute atomic E-state index is 0.626. The van der Waals surface area contributed by atoms with Gasteiger partial charge in [0.1, 0.15) is 5.01 Å². The molecule has 0 unspecified atom stereocenters. The van der Waals surface area contributed by atoms with Gasteiger partial charge in [-0.05, 0) is 37.8 Å². The average molecular weight is 301 g/mol. The van der Waals surface area contributed by atoms with Gasteiger partial charge in [0.25, 0.3) is 0 Å². The van der Waals surface area contributed by atoms with Gasteiger partial charge < -0.3 is 0 Å². The van der Waals surface area contributed by atoms with E-state index in [4.69, 9.17) is 0 Å². The van der Waals surface area contributed by atoms with E-state index in [1.54, 1.807) is 17.5 Å². The molecule has 0 saturated heterocycles. The van der Waals surface area contributed by atoms with Crippen molar-refractivity contribution in [1.29, 1.82) is 0 Å². The van der Waals surface area contributed by atoms with E-state index in [1.807, 2.05) is 18.5 Å². The van der Waals surface area contributed by atoms with Crippen LogP contribution in [0.2, 0.25) is 0 Å². The van der Waals surface area contributed by atoms with Gasteiger partial charge in [-0.15, -0.1) is 11.3 Å². The Bertz CT molecular complexity index is 575. The molecule has 0 bridgehead atoms. The summed E-state index contributed by atoms with van der Waals surface area (Å²) >= 11 is 1.80. The minimum Gasteiger partial charge on any atom is -0.292 e. The summed E-state index contributed by atoms with van der Waals surface area (Å²) in [5.41, 5.74) is 1.11. The predicted molar refractivity (Wildman–Crippen MR) is 88.2 cm³/mol. The van der Waals surface area contributed by atoms with E-state index in [0.29, 0.717) is 12.0 Å². The van der Waals surface area contributed by atoms with Crippen molar-refractivity contribution in [3.8, 4) is 10.6 Å². The molecule has 0 aromatic carbocycles. The molecule has 0 aliphatic heterocycles. The van der Waals surface area contributed by atoms with Crippen LogP contribution in [-0.4, -0.2) is 27.0 Å². The van der Waals surface area contributed by atoms with Gasteiger partial charge in [-0.1, -0.05) is 13.8 Å². The average Bonchev–Trinajstić information content (AvgIpc) is 3.23. The SMILES string of the molecule is CC(C)[C@H](C)N(Cc1cnc(-c2cccnc2)s1)C1CC1. The number of hydrogen-bond acceptors (Lipinski definition) is 4. The molecule has 3 rings (SSSR count). The first-order valence-electron chi connectivity index (χ1n) is 7.76. The molecule has 0 N–H and O–H groups in total. The lowest BCUT2D eigenvalue weighted by molar-refractivity contribution is 0.152. The Morgan fingerprint density at radius 1 is 1.29 bits per heavy atom. The summed E-state index contributed by atoms with van der Waals surface area (Å²) in [5.74, 6) is 0.691. The topological polar surface area (TPSA) is 29.0 Å². The highest BCUT2D eigenvalue weighted by atomic mass is 32.1. The summed E-state index contributed by atoms with van der Waals surface area (Å²) in [6, 6.07) is 5.45. The zero-order chi connectivity index (χ0) is 14.8. The van der Waals surface area contributed by atoms with Crippen LogP contribution in [0.15, 0.2) is 30.7 Å².